The van der Waals surface area contributed by atoms with E-state index in [1.54, 1.807) is 6.08 Å². The van der Waals surface area contributed by atoms with Gasteiger partial charge in [-0.25, -0.2) is 4.99 Å². The number of ether oxygens (including phenoxy) is 2. The number of rotatable bonds is 12. The smallest absolute Gasteiger partial charge is 0.251 e. The van der Waals surface area contributed by atoms with E-state index in [0.717, 1.165) is 18.4 Å². The summed E-state index contributed by atoms with van der Waals surface area (Å²) in [6.45, 7) is 5.12. The van der Waals surface area contributed by atoms with Crippen LogP contribution in [0.1, 0.15) is 30.4 Å². The maximum absolute atomic E-state index is 13.0. The zero-order valence-electron chi connectivity index (χ0n) is 17.8. The summed E-state index contributed by atoms with van der Waals surface area (Å²) in [6, 6.07) is 17.6. The molecule has 0 radical (unpaired) electrons. The van der Waals surface area contributed by atoms with Gasteiger partial charge in [0.25, 0.3) is 5.91 Å². The number of benzene rings is 2. The van der Waals surface area contributed by atoms with Crippen LogP contribution in [-0.4, -0.2) is 48.8 Å². The van der Waals surface area contributed by atoms with E-state index in [0.29, 0.717) is 37.6 Å². The third-order valence-electron chi connectivity index (χ3n) is 5.11. The van der Waals surface area contributed by atoms with Crippen molar-refractivity contribution in [3.8, 4) is 5.75 Å². The van der Waals surface area contributed by atoms with Crippen molar-refractivity contribution in [3.05, 3.63) is 78.4 Å². The number of hydrogen-bond acceptors (Lipinski definition) is 5. The lowest BCUT2D eigenvalue weighted by Crippen LogP contribution is -2.46. The molecule has 31 heavy (non-hydrogen) atoms. The highest BCUT2D eigenvalue weighted by Gasteiger charge is 2.43. The number of aliphatic hydroxyl groups is 1. The molecule has 0 spiro atoms. The molecule has 0 aliphatic carbocycles. The topological polar surface area (TPSA) is 80.2 Å². The van der Waals surface area contributed by atoms with E-state index < -0.39 is 5.54 Å². The first-order chi connectivity index (χ1) is 15.2. The number of nitrogens with one attached hydrogen (secondary N) is 1. The predicted molar refractivity (Wildman–Crippen MR) is 121 cm³/mol. The first-order valence-corrected chi connectivity index (χ1v) is 10.7. The molecular formula is C25H30N2O4. The van der Waals surface area contributed by atoms with Crippen molar-refractivity contribution in [3.63, 3.8) is 0 Å². The van der Waals surface area contributed by atoms with Crippen LogP contribution in [0.5, 0.6) is 5.75 Å². The zero-order chi connectivity index (χ0) is 21.9. The highest BCUT2D eigenvalue weighted by Crippen LogP contribution is 2.27. The third kappa shape index (κ3) is 6.18. The minimum Gasteiger partial charge on any atom is -0.494 e. The Labute approximate surface area is 183 Å². The molecule has 2 aromatic rings. The first-order valence-electron chi connectivity index (χ1n) is 10.7. The Hall–Kier alpha value is -3.12. The van der Waals surface area contributed by atoms with E-state index in [4.69, 9.17) is 14.6 Å². The lowest BCUT2D eigenvalue weighted by Gasteiger charge is -2.21. The van der Waals surface area contributed by atoms with E-state index >= 15 is 0 Å². The van der Waals surface area contributed by atoms with Crippen LogP contribution in [0, 0.1) is 0 Å². The maximum Gasteiger partial charge on any atom is 0.251 e. The van der Waals surface area contributed by atoms with Crippen LogP contribution in [0.15, 0.2) is 72.2 Å². The molecule has 6 heteroatoms. The van der Waals surface area contributed by atoms with Gasteiger partial charge < -0.3 is 19.9 Å². The first kappa shape index (κ1) is 22.6. The van der Waals surface area contributed by atoms with Crippen molar-refractivity contribution in [2.75, 3.05) is 26.4 Å². The maximum atomic E-state index is 13.0. The summed E-state index contributed by atoms with van der Waals surface area (Å²) in [6.07, 6.45) is 4.46. The molecule has 0 aromatic heterocycles. The number of nitrogens with zero attached hydrogens (tertiary/aromatic N) is 1. The molecule has 1 aliphatic rings. The van der Waals surface area contributed by atoms with Crippen LogP contribution in [0.25, 0.3) is 0 Å². The number of aliphatic hydroxyl groups excluding tert-OH is 1. The minimum atomic E-state index is -0.986. The fourth-order valence-corrected chi connectivity index (χ4v) is 3.40. The molecule has 0 bridgehead atoms. The summed E-state index contributed by atoms with van der Waals surface area (Å²) in [5.74, 6) is 1.02. The average Bonchev–Trinajstić information content (AvgIpc) is 3.24. The van der Waals surface area contributed by atoms with Gasteiger partial charge in [0, 0.05) is 31.6 Å². The highest BCUT2D eigenvalue weighted by atomic mass is 16.5. The quantitative estimate of drug-likeness (QED) is 0.406. The van der Waals surface area contributed by atoms with Crippen molar-refractivity contribution >= 4 is 11.8 Å². The standard InChI is InChI=1S/C25H30N2O4/c1-2-15-25(24(29)26-16-6-10-20-8-4-3-5-9-20)19-31-23(27-25)21-11-13-22(14-12-21)30-18-7-17-28/h2-5,8-9,11-14,28H,1,6-7,10,15-19H2,(H,26,29)/t25-/m1/s1. The summed E-state index contributed by atoms with van der Waals surface area (Å²) in [4.78, 5) is 17.6. The van der Waals surface area contributed by atoms with Crippen LogP contribution >= 0.6 is 0 Å². The molecule has 6 nitrogen and oxygen atoms in total. The van der Waals surface area contributed by atoms with Crippen molar-refractivity contribution in [2.45, 2.75) is 31.2 Å². The van der Waals surface area contributed by atoms with Gasteiger partial charge in [0.05, 0.1) is 6.61 Å². The van der Waals surface area contributed by atoms with Crippen molar-refractivity contribution < 1.29 is 19.4 Å². The van der Waals surface area contributed by atoms with Gasteiger partial charge in [-0.15, -0.1) is 6.58 Å². The van der Waals surface area contributed by atoms with Gasteiger partial charge in [0.1, 0.15) is 12.4 Å². The van der Waals surface area contributed by atoms with Crippen LogP contribution in [0.3, 0.4) is 0 Å². The van der Waals surface area contributed by atoms with Crippen LogP contribution in [0.2, 0.25) is 0 Å². The molecule has 1 atom stereocenters. The largest absolute Gasteiger partial charge is 0.494 e. The minimum absolute atomic E-state index is 0.0996. The van der Waals surface area contributed by atoms with Crippen LogP contribution < -0.4 is 10.1 Å². The number of amides is 1. The molecule has 1 heterocycles. The van der Waals surface area contributed by atoms with E-state index in [2.05, 4.69) is 29.0 Å². The second-order valence-corrected chi connectivity index (χ2v) is 7.53. The Morgan fingerprint density at radius 2 is 1.97 bits per heavy atom. The summed E-state index contributed by atoms with van der Waals surface area (Å²) >= 11 is 0. The molecule has 1 amide bonds. The summed E-state index contributed by atoms with van der Waals surface area (Å²) in [5.41, 5.74) is 1.06. The normalized spacial score (nSPS) is 17.5. The molecular weight excluding hydrogens is 392 g/mol. The molecule has 2 N–H and O–H groups in total. The lowest BCUT2D eigenvalue weighted by molar-refractivity contribution is -0.126. The van der Waals surface area contributed by atoms with Gasteiger partial charge in [-0.05, 0) is 42.7 Å². The van der Waals surface area contributed by atoms with Crippen molar-refractivity contribution in [1.29, 1.82) is 0 Å². The van der Waals surface area contributed by atoms with Gasteiger partial charge in [-0.3, -0.25) is 4.79 Å². The van der Waals surface area contributed by atoms with Gasteiger partial charge in [0.15, 0.2) is 5.54 Å². The molecule has 3 rings (SSSR count). The second-order valence-electron chi connectivity index (χ2n) is 7.53. The van der Waals surface area contributed by atoms with Crippen molar-refractivity contribution in [1.82, 2.24) is 5.32 Å². The fourth-order valence-electron chi connectivity index (χ4n) is 3.40. The highest BCUT2D eigenvalue weighted by molar-refractivity contribution is 6.00. The monoisotopic (exact) mass is 422 g/mol. The molecule has 164 valence electrons. The van der Waals surface area contributed by atoms with E-state index in [9.17, 15) is 4.79 Å². The number of hydrogen-bond donors (Lipinski definition) is 2. The van der Waals surface area contributed by atoms with Crippen LogP contribution in [0.4, 0.5) is 0 Å². The van der Waals surface area contributed by atoms with Crippen molar-refractivity contribution in [2.24, 2.45) is 4.99 Å². The molecule has 0 saturated carbocycles. The summed E-state index contributed by atoms with van der Waals surface area (Å²) in [7, 11) is 0. The molecule has 1 aliphatic heterocycles. The Balaban J connectivity index is 1.59. The van der Waals surface area contributed by atoms with Gasteiger partial charge >= 0.3 is 0 Å². The Bertz CT molecular complexity index is 880. The number of carbonyl (C=O) groups is 1. The van der Waals surface area contributed by atoms with Gasteiger partial charge in [0.2, 0.25) is 5.90 Å². The fraction of sp³-hybridized carbons (Fsp3) is 0.360. The lowest BCUT2D eigenvalue weighted by atomic mass is 9.96. The molecule has 2 aromatic carbocycles. The average molecular weight is 423 g/mol. The zero-order valence-corrected chi connectivity index (χ0v) is 17.8. The number of aryl methyl sites for hydroxylation is 1. The summed E-state index contributed by atoms with van der Waals surface area (Å²) in [5, 5.41) is 11.9. The number of aliphatic imine (C=N–C) groups is 1. The van der Waals surface area contributed by atoms with Gasteiger partial charge in [-0.2, -0.15) is 0 Å². The Morgan fingerprint density at radius 3 is 2.68 bits per heavy atom. The summed E-state index contributed by atoms with van der Waals surface area (Å²) < 4.78 is 11.4. The Kier molecular flexibility index (Phi) is 8.24. The van der Waals surface area contributed by atoms with Gasteiger partial charge in [-0.1, -0.05) is 36.4 Å². The van der Waals surface area contributed by atoms with E-state index in [1.807, 2.05) is 42.5 Å². The van der Waals surface area contributed by atoms with E-state index in [1.165, 1.54) is 5.56 Å². The predicted octanol–water partition coefficient (Wildman–Crippen LogP) is 3.29. The SMILES string of the molecule is C=CC[C@]1(C(=O)NCCCc2ccccc2)COC(c2ccc(OCCCO)cc2)=N1. The number of carbonyl (C=O) groups excluding carboxylic acids is 1. The molecule has 0 unspecified atom stereocenters. The molecule has 0 saturated heterocycles. The Morgan fingerprint density at radius 1 is 1.19 bits per heavy atom. The molecule has 0 fully saturated rings. The third-order valence-corrected chi connectivity index (χ3v) is 5.11. The van der Waals surface area contributed by atoms with Crippen LogP contribution in [-0.2, 0) is 16.0 Å². The second kappa shape index (κ2) is 11.3. The van der Waals surface area contributed by atoms with E-state index in [-0.39, 0.29) is 19.1 Å².